The van der Waals surface area contributed by atoms with Crippen LogP contribution >= 0.6 is 0 Å². The summed E-state index contributed by atoms with van der Waals surface area (Å²) in [6.45, 7) is 0.397. The van der Waals surface area contributed by atoms with Crippen LogP contribution < -0.4 is 10.6 Å². The third-order valence-electron chi connectivity index (χ3n) is 2.03. The largest absolute Gasteiger partial charge is 0.479 e. The Balaban J connectivity index is 2.05. The van der Waals surface area contributed by atoms with E-state index in [4.69, 9.17) is 10.2 Å². The summed E-state index contributed by atoms with van der Waals surface area (Å²) in [5.41, 5.74) is 0. The standard InChI is InChI=1S/C9H14N4O5/c14-6(8(15)16)1-3-10-9(17)11-4-2-7-12-5-18-13-7/h5-6,14H,1-4H2,(H,15,16)(H2,10,11,17)/t6-/m0/s1. The van der Waals surface area contributed by atoms with Gasteiger partial charge in [0, 0.05) is 25.9 Å². The van der Waals surface area contributed by atoms with Crippen LogP contribution in [0.4, 0.5) is 4.79 Å². The average molecular weight is 258 g/mol. The van der Waals surface area contributed by atoms with Crippen molar-refractivity contribution in [3.63, 3.8) is 0 Å². The first-order valence-electron chi connectivity index (χ1n) is 5.27. The summed E-state index contributed by atoms with van der Waals surface area (Å²) in [6, 6.07) is -0.448. The SMILES string of the molecule is O=C(NCCc1ncon1)NCC[C@H](O)C(=O)O. The molecule has 1 heterocycles. The minimum atomic E-state index is -1.47. The molecule has 2 amide bonds. The highest BCUT2D eigenvalue weighted by atomic mass is 16.5. The molecule has 18 heavy (non-hydrogen) atoms. The number of aromatic nitrogens is 2. The highest BCUT2D eigenvalue weighted by molar-refractivity contribution is 5.74. The Hall–Kier alpha value is -2.16. The van der Waals surface area contributed by atoms with Gasteiger partial charge in [-0.15, -0.1) is 0 Å². The van der Waals surface area contributed by atoms with Crippen molar-refractivity contribution in [1.82, 2.24) is 20.8 Å². The van der Waals surface area contributed by atoms with Gasteiger partial charge in [-0.05, 0) is 0 Å². The topological polar surface area (TPSA) is 138 Å². The van der Waals surface area contributed by atoms with Gasteiger partial charge in [0.15, 0.2) is 11.9 Å². The molecule has 0 aliphatic rings. The molecule has 1 rings (SSSR count). The van der Waals surface area contributed by atoms with Gasteiger partial charge in [-0.25, -0.2) is 9.59 Å². The second-order valence-corrected chi connectivity index (χ2v) is 3.42. The van der Waals surface area contributed by atoms with Gasteiger partial charge in [-0.1, -0.05) is 5.16 Å². The molecule has 4 N–H and O–H groups in total. The maximum absolute atomic E-state index is 11.2. The van der Waals surface area contributed by atoms with Gasteiger partial charge >= 0.3 is 12.0 Å². The van der Waals surface area contributed by atoms with Crippen molar-refractivity contribution in [1.29, 1.82) is 0 Å². The maximum atomic E-state index is 11.2. The number of hydrogen-bond acceptors (Lipinski definition) is 6. The predicted octanol–water partition coefficient (Wildman–Crippen LogP) is -1.25. The van der Waals surface area contributed by atoms with E-state index in [0.717, 1.165) is 0 Å². The molecule has 0 aromatic carbocycles. The Bertz CT molecular complexity index is 380. The lowest BCUT2D eigenvalue weighted by molar-refractivity contribution is -0.146. The molecule has 0 fully saturated rings. The van der Waals surface area contributed by atoms with Crippen LogP contribution in [-0.4, -0.2) is 51.5 Å². The van der Waals surface area contributed by atoms with Crippen molar-refractivity contribution in [2.24, 2.45) is 0 Å². The number of amides is 2. The molecule has 1 aromatic heterocycles. The number of carboxylic acid groups (broad SMARTS) is 1. The van der Waals surface area contributed by atoms with Crippen molar-refractivity contribution in [2.45, 2.75) is 18.9 Å². The number of nitrogens with zero attached hydrogens (tertiary/aromatic N) is 2. The first-order chi connectivity index (χ1) is 8.59. The maximum Gasteiger partial charge on any atom is 0.332 e. The van der Waals surface area contributed by atoms with Gasteiger partial charge in [0.1, 0.15) is 0 Å². The van der Waals surface area contributed by atoms with Gasteiger partial charge < -0.3 is 25.4 Å². The van der Waals surface area contributed by atoms with Gasteiger partial charge in [0.25, 0.3) is 0 Å². The number of rotatable bonds is 7. The van der Waals surface area contributed by atoms with Crippen LogP contribution in [0.25, 0.3) is 0 Å². The quantitative estimate of drug-likeness (QED) is 0.479. The number of carbonyl (C=O) groups is 2. The summed E-state index contributed by atoms with van der Waals surface area (Å²) in [4.78, 5) is 25.3. The van der Waals surface area contributed by atoms with Crippen LogP contribution in [0.5, 0.6) is 0 Å². The van der Waals surface area contributed by atoms with E-state index in [2.05, 4.69) is 25.3 Å². The van der Waals surface area contributed by atoms with Gasteiger partial charge in [-0.2, -0.15) is 4.98 Å². The van der Waals surface area contributed by atoms with E-state index in [-0.39, 0.29) is 13.0 Å². The summed E-state index contributed by atoms with van der Waals surface area (Å²) in [5, 5.41) is 25.8. The summed E-state index contributed by atoms with van der Waals surface area (Å²) in [7, 11) is 0. The molecule has 0 saturated carbocycles. The lowest BCUT2D eigenvalue weighted by Gasteiger charge is -2.08. The molecule has 0 bridgehead atoms. The van der Waals surface area contributed by atoms with Crippen molar-refractivity contribution in [3.05, 3.63) is 12.2 Å². The zero-order valence-electron chi connectivity index (χ0n) is 9.50. The van der Waals surface area contributed by atoms with E-state index in [1.807, 2.05) is 0 Å². The number of carbonyl (C=O) groups excluding carboxylic acids is 1. The highest BCUT2D eigenvalue weighted by Gasteiger charge is 2.12. The highest BCUT2D eigenvalue weighted by Crippen LogP contribution is 1.90. The molecule has 1 aromatic rings. The monoisotopic (exact) mass is 258 g/mol. The molecule has 0 saturated heterocycles. The Morgan fingerprint density at radius 3 is 2.72 bits per heavy atom. The van der Waals surface area contributed by atoms with Crippen LogP contribution in [0.1, 0.15) is 12.2 Å². The summed E-state index contributed by atoms with van der Waals surface area (Å²) < 4.78 is 4.51. The van der Waals surface area contributed by atoms with E-state index in [1.54, 1.807) is 0 Å². The molecule has 0 unspecified atom stereocenters. The predicted molar refractivity (Wildman–Crippen MR) is 57.7 cm³/mol. The number of aliphatic carboxylic acids is 1. The van der Waals surface area contributed by atoms with Crippen LogP contribution in [0.3, 0.4) is 0 Å². The van der Waals surface area contributed by atoms with E-state index >= 15 is 0 Å². The second kappa shape index (κ2) is 7.22. The van der Waals surface area contributed by atoms with E-state index in [0.29, 0.717) is 18.8 Å². The molecule has 9 heteroatoms. The van der Waals surface area contributed by atoms with E-state index in [1.165, 1.54) is 6.39 Å². The Morgan fingerprint density at radius 2 is 2.11 bits per heavy atom. The van der Waals surface area contributed by atoms with Gasteiger partial charge in [-0.3, -0.25) is 0 Å². The minimum Gasteiger partial charge on any atom is -0.479 e. The first kappa shape index (κ1) is 13.9. The van der Waals surface area contributed by atoms with Crippen LogP contribution in [0.15, 0.2) is 10.9 Å². The number of hydrogen-bond donors (Lipinski definition) is 4. The normalized spacial score (nSPS) is 11.8. The molecular formula is C9H14N4O5. The number of carboxylic acids is 1. The number of aliphatic hydroxyl groups excluding tert-OH is 1. The van der Waals surface area contributed by atoms with Crippen LogP contribution in [-0.2, 0) is 11.2 Å². The third kappa shape index (κ3) is 5.25. The fraction of sp³-hybridized carbons (Fsp3) is 0.556. The molecule has 1 atom stereocenters. The van der Waals surface area contributed by atoms with Crippen molar-refractivity contribution >= 4 is 12.0 Å². The zero-order chi connectivity index (χ0) is 13.4. The summed E-state index contributed by atoms with van der Waals surface area (Å²) in [6.07, 6.45) is 0.113. The van der Waals surface area contributed by atoms with E-state index in [9.17, 15) is 9.59 Å². The van der Waals surface area contributed by atoms with Gasteiger partial charge in [0.05, 0.1) is 0 Å². The number of nitrogens with one attached hydrogen (secondary N) is 2. The fourth-order valence-electron chi connectivity index (χ4n) is 1.10. The van der Waals surface area contributed by atoms with Gasteiger partial charge in [0.2, 0.25) is 6.39 Å². The molecule has 100 valence electrons. The molecule has 0 radical (unpaired) electrons. The Morgan fingerprint density at radius 1 is 1.39 bits per heavy atom. The zero-order valence-corrected chi connectivity index (χ0v) is 9.50. The first-order valence-corrected chi connectivity index (χ1v) is 5.27. The van der Waals surface area contributed by atoms with E-state index < -0.39 is 18.1 Å². The Kier molecular flexibility index (Phi) is 5.58. The second-order valence-electron chi connectivity index (χ2n) is 3.42. The lowest BCUT2D eigenvalue weighted by Crippen LogP contribution is -2.38. The van der Waals surface area contributed by atoms with Crippen LogP contribution in [0.2, 0.25) is 0 Å². The van der Waals surface area contributed by atoms with Crippen LogP contribution in [0, 0.1) is 0 Å². The Labute approximate surface area is 102 Å². The van der Waals surface area contributed by atoms with Crippen molar-refractivity contribution < 1.29 is 24.3 Å². The lowest BCUT2D eigenvalue weighted by atomic mass is 10.2. The summed E-state index contributed by atoms with van der Waals surface area (Å²) in [5.74, 6) is -0.828. The number of aliphatic hydroxyl groups is 1. The molecule has 0 aliphatic carbocycles. The minimum absolute atomic E-state index is 0.0480. The molecule has 0 aliphatic heterocycles. The number of urea groups is 1. The third-order valence-corrected chi connectivity index (χ3v) is 2.03. The summed E-state index contributed by atoms with van der Waals surface area (Å²) >= 11 is 0. The molecular weight excluding hydrogens is 244 g/mol. The van der Waals surface area contributed by atoms with Crippen molar-refractivity contribution in [2.75, 3.05) is 13.1 Å². The molecule has 9 nitrogen and oxygen atoms in total. The smallest absolute Gasteiger partial charge is 0.332 e. The van der Waals surface area contributed by atoms with Crippen molar-refractivity contribution in [3.8, 4) is 0 Å². The fourth-order valence-corrected chi connectivity index (χ4v) is 1.10. The molecule has 0 spiro atoms. The average Bonchev–Trinajstić information content (AvgIpc) is 2.81.